The molecule has 3 aromatic rings. The van der Waals surface area contributed by atoms with Crippen molar-refractivity contribution in [3.8, 4) is 6.07 Å². The highest BCUT2D eigenvalue weighted by Gasteiger charge is 2.57. The third-order valence-electron chi connectivity index (χ3n) is 5.58. The molecule has 1 saturated carbocycles. The minimum absolute atomic E-state index is 0.0456. The Balaban J connectivity index is 2.01. The Morgan fingerprint density at radius 3 is 2.34 bits per heavy atom. The number of fused-ring (bicyclic) bond motifs is 1. The maximum Gasteiger partial charge on any atom is 0.417 e. The summed E-state index contributed by atoms with van der Waals surface area (Å²) in [6.07, 6.45) is -7.26. The van der Waals surface area contributed by atoms with Crippen LogP contribution in [0.4, 0.5) is 26.3 Å². The minimum atomic E-state index is -5.20. The average Bonchev–Trinajstić information content (AvgIpc) is 3.47. The van der Waals surface area contributed by atoms with Gasteiger partial charge < -0.3 is 10.3 Å². The van der Waals surface area contributed by atoms with Gasteiger partial charge in [-0.2, -0.15) is 36.7 Å². The van der Waals surface area contributed by atoms with E-state index in [9.17, 15) is 31.1 Å². The molecular weight excluding hydrogens is 440 g/mol. The van der Waals surface area contributed by atoms with Gasteiger partial charge in [-0.1, -0.05) is 6.07 Å². The Morgan fingerprint density at radius 1 is 1.16 bits per heavy atom. The molecule has 2 N–H and O–H groups in total. The minimum Gasteiger partial charge on any atom is -0.311 e. The van der Waals surface area contributed by atoms with Gasteiger partial charge in [0, 0.05) is 24.7 Å². The molecule has 1 fully saturated rings. The number of aryl methyl sites for hydroxylation is 1. The van der Waals surface area contributed by atoms with Gasteiger partial charge in [0.25, 0.3) is 5.56 Å². The third-order valence-corrected chi connectivity index (χ3v) is 5.58. The number of hydrogen-bond acceptors (Lipinski definition) is 4. The van der Waals surface area contributed by atoms with E-state index in [4.69, 9.17) is 11.0 Å². The second-order valence-electron chi connectivity index (χ2n) is 7.67. The Labute approximate surface area is 176 Å². The van der Waals surface area contributed by atoms with Gasteiger partial charge in [0.1, 0.15) is 0 Å². The standard InChI is InChI=1S/C20H15F6N5O/c1-30-16(13-6-7-31(12-3-4-12)17(32)15(13)29-30)18(28,20(24,25)26)11-2-5-14(19(21,22)23)10(8-11)9-27/h2,5-8,12H,3-4,28H2,1H3/t18-/m0/s1. The zero-order valence-corrected chi connectivity index (χ0v) is 16.4. The molecule has 0 spiro atoms. The molecule has 1 atom stereocenters. The van der Waals surface area contributed by atoms with Gasteiger partial charge in [-0.15, -0.1) is 0 Å². The van der Waals surface area contributed by atoms with E-state index in [-0.39, 0.29) is 16.9 Å². The number of aromatic nitrogens is 3. The molecule has 0 bridgehead atoms. The topological polar surface area (TPSA) is 89.6 Å². The van der Waals surface area contributed by atoms with E-state index in [2.05, 4.69) is 5.10 Å². The molecule has 1 aliphatic carbocycles. The molecule has 0 radical (unpaired) electrons. The Kier molecular flexibility index (Phi) is 4.67. The van der Waals surface area contributed by atoms with Crippen molar-refractivity contribution in [2.75, 3.05) is 0 Å². The van der Waals surface area contributed by atoms with Crippen LogP contribution in [0.3, 0.4) is 0 Å². The summed E-state index contributed by atoms with van der Waals surface area (Å²) in [5.74, 6) is 0. The zero-order valence-electron chi connectivity index (χ0n) is 16.4. The number of hydrogen-bond donors (Lipinski definition) is 1. The van der Waals surface area contributed by atoms with Crippen molar-refractivity contribution in [1.82, 2.24) is 14.3 Å². The van der Waals surface area contributed by atoms with Gasteiger partial charge >= 0.3 is 12.4 Å². The van der Waals surface area contributed by atoms with Gasteiger partial charge in [0.15, 0.2) is 11.1 Å². The van der Waals surface area contributed by atoms with E-state index in [0.717, 1.165) is 17.5 Å². The first-order valence-electron chi connectivity index (χ1n) is 9.36. The highest BCUT2D eigenvalue weighted by molar-refractivity contribution is 5.82. The third kappa shape index (κ3) is 3.15. The molecule has 1 aliphatic rings. The fraction of sp³-hybridized carbons (Fsp3) is 0.350. The zero-order chi connectivity index (χ0) is 23.6. The van der Waals surface area contributed by atoms with Crippen LogP contribution in [0.5, 0.6) is 0 Å². The predicted octanol–water partition coefficient (Wildman–Crippen LogP) is 3.72. The number of nitrogens with zero attached hydrogens (tertiary/aromatic N) is 4. The van der Waals surface area contributed by atoms with Crippen LogP contribution in [0.1, 0.15) is 41.3 Å². The fourth-order valence-corrected chi connectivity index (χ4v) is 3.87. The molecule has 168 valence electrons. The summed E-state index contributed by atoms with van der Waals surface area (Å²) >= 11 is 0. The lowest BCUT2D eigenvalue weighted by Gasteiger charge is -2.33. The summed E-state index contributed by atoms with van der Waals surface area (Å²) in [5, 5.41) is 12.9. The van der Waals surface area contributed by atoms with E-state index >= 15 is 0 Å². The number of nitrogens with two attached hydrogens (primary N) is 1. The molecule has 1 aromatic carbocycles. The van der Waals surface area contributed by atoms with E-state index in [1.807, 2.05) is 0 Å². The molecule has 32 heavy (non-hydrogen) atoms. The van der Waals surface area contributed by atoms with Crippen LogP contribution in [0.15, 0.2) is 35.3 Å². The maximum absolute atomic E-state index is 14.4. The van der Waals surface area contributed by atoms with Gasteiger partial charge in [-0.3, -0.25) is 9.48 Å². The van der Waals surface area contributed by atoms with Crippen LogP contribution in [0, 0.1) is 11.3 Å². The van der Waals surface area contributed by atoms with Crippen LogP contribution in [0.25, 0.3) is 10.9 Å². The normalized spacial score (nSPS) is 16.7. The second kappa shape index (κ2) is 6.83. The summed E-state index contributed by atoms with van der Waals surface area (Å²) in [6.45, 7) is 0. The number of halogens is 6. The molecule has 0 unspecified atom stereocenters. The number of benzene rings is 1. The van der Waals surface area contributed by atoms with E-state index in [1.165, 1.54) is 29.9 Å². The number of nitriles is 1. The van der Waals surface area contributed by atoms with E-state index in [1.54, 1.807) is 0 Å². The van der Waals surface area contributed by atoms with Crippen LogP contribution in [0.2, 0.25) is 0 Å². The van der Waals surface area contributed by atoms with Crippen LogP contribution in [-0.2, 0) is 18.8 Å². The van der Waals surface area contributed by atoms with Crippen molar-refractivity contribution in [1.29, 1.82) is 5.26 Å². The Morgan fingerprint density at radius 2 is 1.81 bits per heavy atom. The molecular formula is C20H15F6N5O. The Bertz CT molecular complexity index is 1330. The molecule has 6 nitrogen and oxygen atoms in total. The molecule has 12 heteroatoms. The molecule has 0 saturated heterocycles. The summed E-state index contributed by atoms with van der Waals surface area (Å²) in [7, 11) is 1.17. The smallest absolute Gasteiger partial charge is 0.311 e. The van der Waals surface area contributed by atoms with Crippen molar-refractivity contribution in [3.63, 3.8) is 0 Å². The van der Waals surface area contributed by atoms with Crippen molar-refractivity contribution >= 4 is 10.9 Å². The van der Waals surface area contributed by atoms with Crippen molar-refractivity contribution < 1.29 is 26.3 Å². The molecule has 2 heterocycles. The summed E-state index contributed by atoms with van der Waals surface area (Å²) in [6, 6.07) is 3.97. The second-order valence-corrected chi connectivity index (χ2v) is 7.67. The summed E-state index contributed by atoms with van der Waals surface area (Å²) in [4.78, 5) is 12.7. The van der Waals surface area contributed by atoms with Gasteiger partial charge in [-0.05, 0) is 36.6 Å². The molecule has 0 amide bonds. The first-order chi connectivity index (χ1) is 14.8. The van der Waals surface area contributed by atoms with Crippen molar-refractivity contribution in [2.45, 2.75) is 36.8 Å². The summed E-state index contributed by atoms with van der Waals surface area (Å²) in [5.41, 5.74) is -2.06. The number of pyridine rings is 1. The largest absolute Gasteiger partial charge is 0.417 e. The maximum atomic E-state index is 14.4. The lowest BCUT2D eigenvalue weighted by atomic mass is 9.83. The SMILES string of the molecule is Cn1nc2c(=O)n(C3CC3)ccc2c1[C@@](N)(c1ccc(C(F)(F)F)c(C#N)c1)C(F)(F)F. The monoisotopic (exact) mass is 455 g/mol. The number of alkyl halides is 6. The van der Waals surface area contributed by atoms with Gasteiger partial charge in [0.05, 0.1) is 22.9 Å². The van der Waals surface area contributed by atoms with Gasteiger partial charge in [-0.25, -0.2) is 0 Å². The lowest BCUT2D eigenvalue weighted by molar-refractivity contribution is -0.178. The summed E-state index contributed by atoms with van der Waals surface area (Å²) < 4.78 is 84.8. The molecule has 2 aromatic heterocycles. The highest BCUT2D eigenvalue weighted by Crippen LogP contribution is 2.45. The van der Waals surface area contributed by atoms with Crippen molar-refractivity contribution in [3.05, 3.63) is 63.2 Å². The van der Waals surface area contributed by atoms with Crippen LogP contribution >= 0.6 is 0 Å². The van der Waals surface area contributed by atoms with E-state index < -0.39 is 45.8 Å². The quantitative estimate of drug-likeness (QED) is 0.610. The molecule has 4 rings (SSSR count). The lowest BCUT2D eigenvalue weighted by Crippen LogP contribution is -2.52. The Hall–Kier alpha value is -3.33. The van der Waals surface area contributed by atoms with Crippen LogP contribution < -0.4 is 11.3 Å². The van der Waals surface area contributed by atoms with Crippen LogP contribution in [-0.4, -0.2) is 20.5 Å². The first kappa shape index (κ1) is 21.9. The highest BCUT2D eigenvalue weighted by atomic mass is 19.4. The van der Waals surface area contributed by atoms with Gasteiger partial charge in [0.2, 0.25) is 0 Å². The van der Waals surface area contributed by atoms with E-state index in [0.29, 0.717) is 18.2 Å². The van der Waals surface area contributed by atoms with Crippen molar-refractivity contribution in [2.24, 2.45) is 12.8 Å². The average molecular weight is 455 g/mol. The first-order valence-corrected chi connectivity index (χ1v) is 9.36. The molecule has 0 aliphatic heterocycles. The predicted molar refractivity (Wildman–Crippen MR) is 100 cm³/mol. The fourth-order valence-electron chi connectivity index (χ4n) is 3.87. The number of rotatable bonds is 3.